The number of nitrogens with zero attached hydrogens (tertiary/aromatic N) is 3. The molecule has 0 fully saturated rings. The summed E-state index contributed by atoms with van der Waals surface area (Å²) in [6.45, 7) is 1.95. The minimum Gasteiger partial charge on any atom is -0.324 e. The molecule has 0 unspecified atom stereocenters. The molecule has 0 amide bonds. The summed E-state index contributed by atoms with van der Waals surface area (Å²) in [5.74, 6) is 0.782. The molecule has 0 saturated carbocycles. The van der Waals surface area contributed by atoms with Gasteiger partial charge in [-0.3, -0.25) is 0 Å². The third-order valence-corrected chi connectivity index (χ3v) is 3.21. The molecule has 0 radical (unpaired) electrons. The van der Waals surface area contributed by atoms with E-state index in [9.17, 15) is 0 Å². The molecule has 20 heavy (non-hydrogen) atoms. The van der Waals surface area contributed by atoms with Gasteiger partial charge in [-0.05, 0) is 18.6 Å². The van der Waals surface area contributed by atoms with Crippen LogP contribution in [0.1, 0.15) is 18.5 Å². The maximum absolute atomic E-state index is 5.99. The van der Waals surface area contributed by atoms with Crippen LogP contribution in [0.2, 0.25) is 0 Å². The summed E-state index contributed by atoms with van der Waals surface area (Å²) in [4.78, 5) is 4.40. The maximum Gasteiger partial charge on any atom is 0.158 e. The van der Waals surface area contributed by atoms with Gasteiger partial charge in [-0.2, -0.15) is 5.10 Å². The minimum atomic E-state index is -0.0805. The fourth-order valence-electron chi connectivity index (χ4n) is 2.17. The van der Waals surface area contributed by atoms with Gasteiger partial charge in [0.15, 0.2) is 5.82 Å². The van der Waals surface area contributed by atoms with E-state index in [0.717, 1.165) is 22.5 Å². The largest absolute Gasteiger partial charge is 0.324 e. The zero-order valence-corrected chi connectivity index (χ0v) is 11.3. The summed E-state index contributed by atoms with van der Waals surface area (Å²) in [6.07, 6.45) is 5.57. The van der Waals surface area contributed by atoms with Gasteiger partial charge in [0, 0.05) is 29.6 Å². The van der Waals surface area contributed by atoms with Gasteiger partial charge in [0.2, 0.25) is 0 Å². The van der Waals surface area contributed by atoms with Gasteiger partial charge in [0.1, 0.15) is 0 Å². The van der Waals surface area contributed by atoms with E-state index in [2.05, 4.69) is 22.2 Å². The van der Waals surface area contributed by atoms with Crippen molar-refractivity contribution in [2.45, 2.75) is 13.0 Å². The SMILES string of the molecule is C[C@H](N)c1cccnc1-n1cc(-c2ccccc2)cn1. The van der Waals surface area contributed by atoms with Gasteiger partial charge in [-0.15, -0.1) is 0 Å². The molecule has 0 aliphatic carbocycles. The van der Waals surface area contributed by atoms with E-state index in [1.165, 1.54) is 0 Å². The number of rotatable bonds is 3. The number of hydrogen-bond donors (Lipinski definition) is 1. The van der Waals surface area contributed by atoms with E-state index in [1.807, 2.05) is 49.6 Å². The van der Waals surface area contributed by atoms with Crippen molar-refractivity contribution < 1.29 is 0 Å². The molecule has 4 heteroatoms. The van der Waals surface area contributed by atoms with Gasteiger partial charge in [-0.1, -0.05) is 36.4 Å². The quantitative estimate of drug-likeness (QED) is 0.791. The van der Waals surface area contributed by atoms with Crippen LogP contribution in [0.25, 0.3) is 16.9 Å². The highest BCUT2D eigenvalue weighted by Crippen LogP contribution is 2.22. The van der Waals surface area contributed by atoms with Crippen LogP contribution in [-0.2, 0) is 0 Å². The molecular weight excluding hydrogens is 248 g/mol. The zero-order chi connectivity index (χ0) is 13.9. The topological polar surface area (TPSA) is 56.7 Å². The van der Waals surface area contributed by atoms with Crippen LogP contribution in [0.4, 0.5) is 0 Å². The summed E-state index contributed by atoms with van der Waals surface area (Å²) in [5.41, 5.74) is 9.17. The Hall–Kier alpha value is -2.46. The monoisotopic (exact) mass is 264 g/mol. The molecule has 0 spiro atoms. The molecule has 0 bridgehead atoms. The second-order valence-corrected chi connectivity index (χ2v) is 4.74. The van der Waals surface area contributed by atoms with Gasteiger partial charge < -0.3 is 5.73 Å². The number of nitrogens with two attached hydrogens (primary N) is 1. The van der Waals surface area contributed by atoms with Gasteiger partial charge >= 0.3 is 0 Å². The Morgan fingerprint density at radius 2 is 1.85 bits per heavy atom. The minimum absolute atomic E-state index is 0.0805. The fourth-order valence-corrected chi connectivity index (χ4v) is 2.17. The Morgan fingerprint density at radius 3 is 2.60 bits per heavy atom. The molecule has 0 saturated heterocycles. The Kier molecular flexibility index (Phi) is 3.31. The van der Waals surface area contributed by atoms with Crippen LogP contribution in [0.15, 0.2) is 61.1 Å². The van der Waals surface area contributed by atoms with Gasteiger partial charge in [0.25, 0.3) is 0 Å². The van der Waals surface area contributed by atoms with Crippen LogP contribution in [0.3, 0.4) is 0 Å². The molecule has 100 valence electrons. The van der Waals surface area contributed by atoms with Crippen molar-refractivity contribution in [2.24, 2.45) is 5.73 Å². The molecule has 3 aromatic rings. The molecule has 0 aliphatic rings. The fraction of sp³-hybridized carbons (Fsp3) is 0.125. The average Bonchev–Trinajstić information content (AvgIpc) is 2.98. The Labute approximate surface area is 117 Å². The standard InChI is InChI=1S/C16H16N4/c1-12(17)15-8-5-9-18-16(15)20-11-14(10-19-20)13-6-3-2-4-7-13/h2-12H,17H2,1H3/t12-/m0/s1. The Balaban J connectivity index is 2.03. The summed E-state index contributed by atoms with van der Waals surface area (Å²) in [7, 11) is 0. The molecule has 2 N–H and O–H groups in total. The molecule has 4 nitrogen and oxygen atoms in total. The molecular formula is C16H16N4. The first-order chi connectivity index (χ1) is 9.75. The lowest BCUT2D eigenvalue weighted by atomic mass is 10.1. The Bertz CT molecular complexity index is 701. The van der Waals surface area contributed by atoms with E-state index in [0.29, 0.717) is 0 Å². The van der Waals surface area contributed by atoms with Crippen molar-refractivity contribution in [3.63, 3.8) is 0 Å². The number of hydrogen-bond acceptors (Lipinski definition) is 3. The van der Waals surface area contributed by atoms with Gasteiger partial charge in [-0.25, -0.2) is 9.67 Å². The molecule has 3 rings (SSSR count). The third kappa shape index (κ3) is 2.33. The molecule has 1 aromatic carbocycles. The van der Waals surface area contributed by atoms with E-state index in [4.69, 9.17) is 5.73 Å². The van der Waals surface area contributed by atoms with E-state index in [-0.39, 0.29) is 6.04 Å². The first-order valence-electron chi connectivity index (χ1n) is 6.56. The average molecular weight is 264 g/mol. The van der Waals surface area contributed by atoms with Crippen LogP contribution < -0.4 is 5.73 Å². The van der Waals surface area contributed by atoms with E-state index in [1.54, 1.807) is 10.9 Å². The van der Waals surface area contributed by atoms with Crippen LogP contribution >= 0.6 is 0 Å². The van der Waals surface area contributed by atoms with Gasteiger partial charge in [0.05, 0.1) is 6.20 Å². The highest BCUT2D eigenvalue weighted by Gasteiger charge is 2.11. The van der Waals surface area contributed by atoms with Crippen molar-refractivity contribution in [2.75, 3.05) is 0 Å². The second-order valence-electron chi connectivity index (χ2n) is 4.74. The lowest BCUT2D eigenvalue weighted by Crippen LogP contribution is -2.11. The maximum atomic E-state index is 5.99. The van der Waals surface area contributed by atoms with Crippen molar-refractivity contribution in [1.82, 2.24) is 14.8 Å². The molecule has 1 atom stereocenters. The first-order valence-corrected chi connectivity index (χ1v) is 6.56. The lowest BCUT2D eigenvalue weighted by Gasteiger charge is -2.10. The molecule has 2 heterocycles. The predicted octanol–water partition coefficient (Wildman–Crippen LogP) is 2.95. The normalized spacial score (nSPS) is 12.3. The number of aromatic nitrogens is 3. The smallest absolute Gasteiger partial charge is 0.158 e. The highest BCUT2D eigenvalue weighted by atomic mass is 15.3. The van der Waals surface area contributed by atoms with Crippen LogP contribution in [0, 0.1) is 0 Å². The summed E-state index contributed by atoms with van der Waals surface area (Å²) in [6, 6.07) is 13.9. The van der Waals surface area contributed by atoms with Crippen molar-refractivity contribution in [3.05, 3.63) is 66.6 Å². The summed E-state index contributed by atoms with van der Waals surface area (Å²) in [5, 5.41) is 4.40. The summed E-state index contributed by atoms with van der Waals surface area (Å²) >= 11 is 0. The van der Waals surface area contributed by atoms with E-state index < -0.39 is 0 Å². The first kappa shape index (κ1) is 12.6. The second kappa shape index (κ2) is 5.27. The zero-order valence-electron chi connectivity index (χ0n) is 11.3. The highest BCUT2D eigenvalue weighted by molar-refractivity contribution is 5.62. The number of benzene rings is 1. The Morgan fingerprint density at radius 1 is 1.05 bits per heavy atom. The third-order valence-electron chi connectivity index (χ3n) is 3.21. The van der Waals surface area contributed by atoms with Crippen molar-refractivity contribution in [1.29, 1.82) is 0 Å². The molecule has 0 aliphatic heterocycles. The van der Waals surface area contributed by atoms with Crippen molar-refractivity contribution in [3.8, 4) is 16.9 Å². The lowest BCUT2D eigenvalue weighted by molar-refractivity contribution is 0.761. The van der Waals surface area contributed by atoms with Crippen LogP contribution in [0.5, 0.6) is 0 Å². The predicted molar refractivity (Wildman–Crippen MR) is 79.4 cm³/mol. The summed E-state index contributed by atoms with van der Waals surface area (Å²) < 4.78 is 1.78. The van der Waals surface area contributed by atoms with Crippen LogP contribution in [-0.4, -0.2) is 14.8 Å². The van der Waals surface area contributed by atoms with E-state index >= 15 is 0 Å². The molecule has 2 aromatic heterocycles. The van der Waals surface area contributed by atoms with Crippen molar-refractivity contribution >= 4 is 0 Å². The number of pyridine rings is 1.